The van der Waals surface area contributed by atoms with E-state index in [-0.39, 0.29) is 28.9 Å². The molecule has 1 amide bonds. The number of ether oxygens (including phenoxy) is 2. The molecule has 2 aromatic rings. The van der Waals surface area contributed by atoms with Gasteiger partial charge in [0.25, 0.3) is 5.91 Å². The summed E-state index contributed by atoms with van der Waals surface area (Å²) in [6, 6.07) is 6.93. The number of rotatable bonds is 6. The number of methoxy groups -OCH3 is 1. The maximum Gasteiger partial charge on any atom is 0.495 e. The van der Waals surface area contributed by atoms with Crippen molar-refractivity contribution in [3.63, 3.8) is 0 Å². The van der Waals surface area contributed by atoms with E-state index in [4.69, 9.17) is 24.5 Å². The van der Waals surface area contributed by atoms with Crippen molar-refractivity contribution in [1.82, 2.24) is 9.78 Å². The molecule has 0 radical (unpaired) electrons. The molecule has 2 aliphatic rings. The van der Waals surface area contributed by atoms with Crippen molar-refractivity contribution in [3.05, 3.63) is 35.5 Å². The Kier molecular flexibility index (Phi) is 6.83. The molecule has 0 aliphatic carbocycles. The minimum absolute atomic E-state index is 0.145. The number of hydrogen-bond acceptors (Lipinski definition) is 9. The standard InChI is InChI=1S/C24H30BN5O6/c1-23(2)24(3,4)36-25(35-23)18-7-6-15(10-16(18)22(32)33-5)28-21-17(20(27)31)12-30(29-21)19-13-34-9-8-14(19)11-26/h6-7,10,12,14,19H,8-9,13H2,1-5H3,(H2,27,31)(H,28,29)/t14-,19+/m1/s1. The van der Waals surface area contributed by atoms with E-state index in [1.54, 1.807) is 18.2 Å². The number of nitriles is 1. The van der Waals surface area contributed by atoms with E-state index in [1.165, 1.54) is 18.0 Å². The first kappa shape index (κ1) is 25.7. The summed E-state index contributed by atoms with van der Waals surface area (Å²) in [6.07, 6.45) is 2.08. The third kappa shape index (κ3) is 4.69. The summed E-state index contributed by atoms with van der Waals surface area (Å²) < 4.78 is 24.3. The van der Waals surface area contributed by atoms with Crippen LogP contribution in [-0.2, 0) is 18.8 Å². The third-order valence-corrected chi connectivity index (χ3v) is 7.06. The van der Waals surface area contributed by atoms with Crippen LogP contribution in [0.4, 0.5) is 11.5 Å². The van der Waals surface area contributed by atoms with Gasteiger partial charge in [-0.2, -0.15) is 10.4 Å². The molecule has 0 unspecified atom stereocenters. The van der Waals surface area contributed by atoms with Gasteiger partial charge in [-0.25, -0.2) is 4.79 Å². The van der Waals surface area contributed by atoms with Gasteiger partial charge in [-0.05, 0) is 51.7 Å². The molecule has 0 spiro atoms. The number of esters is 1. The second kappa shape index (κ2) is 9.57. The molecular weight excluding hydrogens is 465 g/mol. The fourth-order valence-corrected chi connectivity index (χ4v) is 4.20. The molecule has 3 N–H and O–H groups in total. The topological polar surface area (TPSA) is 151 Å². The smallest absolute Gasteiger partial charge is 0.465 e. The van der Waals surface area contributed by atoms with E-state index in [0.29, 0.717) is 30.8 Å². The average molecular weight is 495 g/mol. The van der Waals surface area contributed by atoms with Crippen LogP contribution in [0.15, 0.2) is 24.4 Å². The molecule has 4 rings (SSSR count). The summed E-state index contributed by atoms with van der Waals surface area (Å²) in [4.78, 5) is 24.8. The quantitative estimate of drug-likeness (QED) is 0.452. The van der Waals surface area contributed by atoms with Gasteiger partial charge < -0.3 is 29.8 Å². The van der Waals surface area contributed by atoms with Crippen LogP contribution in [0.2, 0.25) is 0 Å². The maximum atomic E-state index is 12.7. The third-order valence-electron chi connectivity index (χ3n) is 7.06. The molecule has 0 saturated carbocycles. The van der Waals surface area contributed by atoms with Crippen LogP contribution in [0, 0.1) is 17.2 Å². The van der Waals surface area contributed by atoms with Crippen LogP contribution < -0.4 is 16.5 Å². The number of carbonyl (C=O) groups excluding carboxylic acids is 2. The Morgan fingerprint density at radius 1 is 1.25 bits per heavy atom. The molecule has 1 aromatic carbocycles. The van der Waals surface area contributed by atoms with Crippen LogP contribution in [0.5, 0.6) is 0 Å². The number of nitrogens with zero attached hydrogens (tertiary/aromatic N) is 3. The van der Waals surface area contributed by atoms with Gasteiger partial charge in [-0.3, -0.25) is 9.48 Å². The molecule has 2 fully saturated rings. The average Bonchev–Trinajstić information content (AvgIpc) is 3.35. The SMILES string of the molecule is COC(=O)c1cc(Nc2nn([C@H]3COCC[C@@H]3C#N)cc2C(N)=O)ccc1B1OC(C)(C)C(C)(C)O1. The zero-order chi connectivity index (χ0) is 26.3. The number of benzene rings is 1. The summed E-state index contributed by atoms with van der Waals surface area (Å²) in [6.45, 7) is 8.50. The van der Waals surface area contributed by atoms with E-state index in [1.807, 2.05) is 27.7 Å². The highest BCUT2D eigenvalue weighted by Gasteiger charge is 2.52. The lowest BCUT2D eigenvalue weighted by atomic mass is 9.75. The van der Waals surface area contributed by atoms with E-state index >= 15 is 0 Å². The maximum absolute atomic E-state index is 12.7. The van der Waals surface area contributed by atoms with Gasteiger partial charge in [0.2, 0.25) is 0 Å². The number of anilines is 2. The minimum atomic E-state index is -0.771. The first-order chi connectivity index (χ1) is 17.0. The van der Waals surface area contributed by atoms with Crippen molar-refractivity contribution >= 4 is 36.0 Å². The number of aromatic nitrogens is 2. The molecule has 2 atom stereocenters. The van der Waals surface area contributed by atoms with Crippen molar-refractivity contribution in [3.8, 4) is 6.07 Å². The van der Waals surface area contributed by atoms with E-state index in [9.17, 15) is 14.9 Å². The van der Waals surface area contributed by atoms with Crippen molar-refractivity contribution in [2.75, 3.05) is 25.6 Å². The number of primary amides is 1. The van der Waals surface area contributed by atoms with Gasteiger partial charge in [0, 0.05) is 18.5 Å². The van der Waals surface area contributed by atoms with Crippen molar-refractivity contribution in [1.29, 1.82) is 5.26 Å². The molecule has 2 saturated heterocycles. The Hall–Kier alpha value is -3.40. The van der Waals surface area contributed by atoms with Gasteiger partial charge in [0.05, 0.1) is 48.5 Å². The highest BCUT2D eigenvalue weighted by molar-refractivity contribution is 6.63. The van der Waals surface area contributed by atoms with Gasteiger partial charge in [0.1, 0.15) is 5.56 Å². The van der Waals surface area contributed by atoms with Crippen molar-refractivity contribution in [2.45, 2.75) is 51.4 Å². The van der Waals surface area contributed by atoms with Gasteiger partial charge >= 0.3 is 13.1 Å². The Morgan fingerprint density at radius 2 is 1.94 bits per heavy atom. The molecule has 0 bridgehead atoms. The van der Waals surface area contributed by atoms with Crippen LogP contribution in [-0.4, -0.2) is 60.3 Å². The molecule has 2 aliphatic heterocycles. The van der Waals surface area contributed by atoms with Crippen molar-refractivity contribution < 1.29 is 28.4 Å². The highest BCUT2D eigenvalue weighted by atomic mass is 16.7. The van der Waals surface area contributed by atoms with Gasteiger partial charge in [-0.15, -0.1) is 0 Å². The predicted octanol–water partition coefficient (Wildman–Crippen LogP) is 1.91. The van der Waals surface area contributed by atoms with Crippen LogP contribution >= 0.6 is 0 Å². The second-order valence-corrected chi connectivity index (χ2v) is 9.91. The van der Waals surface area contributed by atoms with Crippen molar-refractivity contribution in [2.24, 2.45) is 11.7 Å². The van der Waals surface area contributed by atoms with Gasteiger partial charge in [0.15, 0.2) is 5.82 Å². The fourth-order valence-electron chi connectivity index (χ4n) is 4.20. The summed E-state index contributed by atoms with van der Waals surface area (Å²) in [7, 11) is 0.522. The summed E-state index contributed by atoms with van der Waals surface area (Å²) in [5.74, 6) is -1.36. The molecule has 12 heteroatoms. The predicted molar refractivity (Wildman–Crippen MR) is 131 cm³/mol. The first-order valence-corrected chi connectivity index (χ1v) is 11.7. The largest absolute Gasteiger partial charge is 0.495 e. The molecule has 190 valence electrons. The minimum Gasteiger partial charge on any atom is -0.465 e. The molecule has 36 heavy (non-hydrogen) atoms. The van der Waals surface area contributed by atoms with Crippen LogP contribution in [0.25, 0.3) is 0 Å². The number of amides is 1. The zero-order valence-electron chi connectivity index (χ0n) is 21.0. The number of nitrogens with two attached hydrogens (primary N) is 1. The van der Waals surface area contributed by atoms with Gasteiger partial charge in [-0.1, -0.05) is 6.07 Å². The lowest BCUT2D eigenvalue weighted by Crippen LogP contribution is -2.41. The number of carbonyl (C=O) groups is 2. The Morgan fingerprint density at radius 3 is 2.56 bits per heavy atom. The lowest BCUT2D eigenvalue weighted by molar-refractivity contribution is 0.00578. The van der Waals surface area contributed by atoms with Crippen LogP contribution in [0.3, 0.4) is 0 Å². The van der Waals surface area contributed by atoms with Crippen LogP contribution in [0.1, 0.15) is 60.9 Å². The molecule has 11 nitrogen and oxygen atoms in total. The highest BCUT2D eigenvalue weighted by Crippen LogP contribution is 2.37. The normalized spacial score (nSPS) is 22.6. The summed E-state index contributed by atoms with van der Waals surface area (Å²) in [5.41, 5.74) is 5.80. The van der Waals surface area contributed by atoms with E-state index in [0.717, 1.165) is 0 Å². The van der Waals surface area contributed by atoms with E-state index < -0.39 is 30.2 Å². The first-order valence-electron chi connectivity index (χ1n) is 11.7. The van der Waals surface area contributed by atoms with E-state index in [2.05, 4.69) is 16.5 Å². The molecule has 3 heterocycles. The fraction of sp³-hybridized carbons (Fsp3) is 0.500. The molecular formula is C24H30BN5O6. The Bertz CT molecular complexity index is 1200. The number of hydrogen-bond donors (Lipinski definition) is 2. The summed E-state index contributed by atoms with van der Waals surface area (Å²) in [5, 5.41) is 17.1. The molecule has 1 aromatic heterocycles. The zero-order valence-corrected chi connectivity index (χ0v) is 21.0. The second-order valence-electron chi connectivity index (χ2n) is 9.91. The Balaban J connectivity index is 1.67. The summed E-state index contributed by atoms with van der Waals surface area (Å²) >= 11 is 0. The monoisotopic (exact) mass is 495 g/mol. The Labute approximate surface area is 210 Å². The lowest BCUT2D eigenvalue weighted by Gasteiger charge is -2.32. The number of nitrogens with one attached hydrogen (secondary N) is 1.